The number of halogens is 1. The minimum atomic E-state index is -3.78. The lowest BCUT2D eigenvalue weighted by molar-refractivity contribution is -0.122. The lowest BCUT2D eigenvalue weighted by Crippen LogP contribution is -2.55. The van der Waals surface area contributed by atoms with Gasteiger partial charge < -0.3 is 40.7 Å². The van der Waals surface area contributed by atoms with Crippen LogP contribution >= 0.6 is 22.9 Å². The van der Waals surface area contributed by atoms with Gasteiger partial charge in [0.05, 0.1) is 10.6 Å². The van der Waals surface area contributed by atoms with Crippen molar-refractivity contribution in [2.75, 3.05) is 41.8 Å². The number of rotatable bonds is 14. The number of hydrogen-bond donors (Lipinski definition) is 5. The third kappa shape index (κ3) is 11.5. The summed E-state index contributed by atoms with van der Waals surface area (Å²) in [6, 6.07) is 20.6. The maximum Gasteiger partial charge on any atom is 0.349 e. The minimum absolute atomic E-state index is 0.0334. The summed E-state index contributed by atoms with van der Waals surface area (Å²) in [4.78, 5) is 43.3. The number of fused-ring (bicyclic) bond motifs is 1. The molecule has 0 bridgehead atoms. The summed E-state index contributed by atoms with van der Waals surface area (Å²) in [7, 11) is -3.78. The minimum Gasteiger partial charge on any atom is -0.509 e. The van der Waals surface area contributed by atoms with Gasteiger partial charge in [-0.05, 0) is 136 Å². The highest BCUT2D eigenvalue weighted by Gasteiger charge is 2.42. The van der Waals surface area contributed by atoms with Gasteiger partial charge in [0.2, 0.25) is 15.9 Å². The molecule has 1 unspecified atom stereocenters. The van der Waals surface area contributed by atoms with Crippen LogP contribution in [0.15, 0.2) is 104 Å². The van der Waals surface area contributed by atoms with Crippen LogP contribution in [0.4, 0.5) is 21.9 Å². The number of nitrogens with zero attached hydrogens (tertiary/aromatic N) is 3. The van der Waals surface area contributed by atoms with E-state index in [1.54, 1.807) is 28.6 Å². The number of likely N-dealkylation sites (tertiary alicyclic amines) is 1. The Labute approximate surface area is 426 Å². The third-order valence-corrected chi connectivity index (χ3v) is 18.1. The Morgan fingerprint density at radius 3 is 2.38 bits per heavy atom. The van der Waals surface area contributed by atoms with Gasteiger partial charge in [0.15, 0.2) is 10.6 Å². The van der Waals surface area contributed by atoms with Crippen molar-refractivity contribution in [1.82, 2.24) is 14.5 Å². The number of nitrogens with one attached hydrogen (secondary N) is 3. The number of aliphatic hydroxyl groups is 1. The fourth-order valence-electron chi connectivity index (χ4n) is 10.9. The summed E-state index contributed by atoms with van der Waals surface area (Å²) in [5.74, 6) is -0.777. The number of amides is 3. The van der Waals surface area contributed by atoms with Crippen LogP contribution in [0, 0.1) is 5.92 Å². The molecule has 71 heavy (non-hydrogen) atoms. The molecule has 8 rings (SSSR count). The number of carboxylic acid groups (broad SMARTS) is 1. The average molecular weight is 1030 g/mol. The first-order chi connectivity index (χ1) is 33.7. The molecule has 3 saturated heterocycles. The van der Waals surface area contributed by atoms with Crippen LogP contribution in [0.3, 0.4) is 0 Å². The number of carbonyl (C=O) groups is 3. The highest BCUT2D eigenvalue weighted by molar-refractivity contribution is 7.88. The third-order valence-electron chi connectivity index (χ3n) is 14.3. The Bertz CT molecular complexity index is 2850. The fraction of sp³-hybridized carbons (Fsp3) is 0.426. The number of hydrogen-bond acceptors (Lipinski definition) is 10. The molecule has 0 radical (unpaired) electrons. The van der Waals surface area contributed by atoms with Gasteiger partial charge in [-0.15, -0.1) is 11.3 Å². The number of aliphatic hydroxyl groups excluding tert-OH is 1. The normalized spacial score (nSPS) is 21.0. The molecule has 4 aliphatic heterocycles. The maximum absolute atomic E-state index is 14.1. The molecule has 5 N–H and O–H groups in total. The van der Waals surface area contributed by atoms with Crippen molar-refractivity contribution >= 4 is 67.9 Å². The highest BCUT2D eigenvalue weighted by Crippen LogP contribution is 2.47. The lowest BCUT2D eigenvalue weighted by atomic mass is 9.81. The van der Waals surface area contributed by atoms with E-state index in [4.69, 9.17) is 16.3 Å². The average Bonchev–Trinajstić information content (AvgIpc) is 3.56. The first-order valence-electron chi connectivity index (χ1n) is 24.4. The van der Waals surface area contributed by atoms with Crippen LogP contribution < -0.4 is 25.6 Å². The molecule has 3 amide bonds. The van der Waals surface area contributed by atoms with Crippen molar-refractivity contribution in [3.8, 4) is 16.2 Å². The lowest BCUT2D eigenvalue weighted by Gasteiger charge is -2.45. The molecule has 0 saturated carbocycles. The number of benzene rings is 3. The van der Waals surface area contributed by atoms with Crippen molar-refractivity contribution in [3.63, 3.8) is 0 Å². The molecule has 0 spiro atoms. The van der Waals surface area contributed by atoms with Gasteiger partial charge in [-0.2, -0.15) is 4.31 Å². The summed E-state index contributed by atoms with van der Waals surface area (Å²) in [5.41, 5.74) is 7.11. The number of aromatic carboxylic acids is 1. The number of anilines is 3. The van der Waals surface area contributed by atoms with Crippen molar-refractivity contribution in [2.45, 2.75) is 114 Å². The SMILES string of the molecule is C=C(O)COc1c(C(=O)O)sc(-c2cccc(N[C@@H]3CCN(S(=O)(=O)Cc4cccc(NC(=O)N5CCC(c6ccc7c(c6)[C@H](C(C)C)CCC(=C)N7C6CCC(=C)NC6=O)CC5)c4)C(C)(C)C3)c2)c1Cl. The van der Waals surface area contributed by atoms with Crippen molar-refractivity contribution in [2.24, 2.45) is 5.92 Å². The number of urea groups is 1. The molecule has 5 heterocycles. The summed E-state index contributed by atoms with van der Waals surface area (Å²) in [5, 5.41) is 29.0. The van der Waals surface area contributed by atoms with Gasteiger partial charge in [-0.3, -0.25) is 4.79 Å². The number of sulfonamides is 1. The standard InChI is InChI=1S/C54H65ClN6O8S2/c1-32(2)43-17-15-34(4)61(46-18-14-33(3)56-51(46)63)45-19-16-38(28-44(43)45)37-20-23-59(24-21-37)53(66)58-40-12-8-10-36(26-40)31-71(67,68)60-25-22-42(29-54(60,6)7)57-41-13-9-11-39(27-41)49-47(55)48(69-30-35(5)62)50(70-49)52(64)65/h8-13,16,19,26-28,32,37,42-43,46,57,62H,3-5,14-15,17-18,20-25,29-31H2,1-2,6-7H3,(H,56,63)(H,58,66)(H,64,65)/t42-,43+,46?/m1/s1. The van der Waals surface area contributed by atoms with Crippen LogP contribution in [0.1, 0.15) is 117 Å². The Morgan fingerprint density at radius 2 is 1.69 bits per heavy atom. The molecular formula is C54H65ClN6O8S2. The summed E-state index contributed by atoms with van der Waals surface area (Å²) in [6.07, 6.45) is 5.87. The van der Waals surface area contributed by atoms with E-state index in [0.717, 1.165) is 66.2 Å². The molecule has 3 aromatic carbocycles. The van der Waals surface area contributed by atoms with Crippen molar-refractivity contribution in [3.05, 3.63) is 130 Å². The van der Waals surface area contributed by atoms with Gasteiger partial charge in [-0.1, -0.05) is 81.6 Å². The number of ether oxygens (including phenoxy) is 1. The monoisotopic (exact) mass is 1020 g/mol. The van der Waals surface area contributed by atoms with E-state index in [9.17, 15) is 33.0 Å². The fourth-order valence-corrected chi connectivity index (χ4v) is 14.2. The second kappa shape index (κ2) is 21.1. The van der Waals surface area contributed by atoms with E-state index in [0.29, 0.717) is 72.4 Å². The maximum atomic E-state index is 14.1. The Hall–Kier alpha value is -5.81. The van der Waals surface area contributed by atoms with Crippen LogP contribution in [0.2, 0.25) is 5.02 Å². The molecular weight excluding hydrogens is 960 g/mol. The van der Waals surface area contributed by atoms with Gasteiger partial charge in [-0.25, -0.2) is 18.0 Å². The molecule has 4 aliphatic rings. The number of piperidine rings is 3. The van der Waals surface area contributed by atoms with Crippen LogP contribution in [0.5, 0.6) is 5.75 Å². The Kier molecular flexibility index (Phi) is 15.3. The zero-order valence-corrected chi connectivity index (χ0v) is 43.3. The van der Waals surface area contributed by atoms with E-state index in [-0.39, 0.29) is 63.7 Å². The first kappa shape index (κ1) is 51.5. The van der Waals surface area contributed by atoms with Gasteiger partial charge in [0.25, 0.3) is 0 Å². The zero-order chi connectivity index (χ0) is 50.9. The topological polar surface area (TPSA) is 181 Å². The molecule has 3 fully saturated rings. The van der Waals surface area contributed by atoms with Crippen LogP contribution in [0.25, 0.3) is 10.4 Å². The number of carboxylic acids is 1. The van der Waals surface area contributed by atoms with Crippen molar-refractivity contribution in [1.29, 1.82) is 0 Å². The summed E-state index contributed by atoms with van der Waals surface area (Å²) >= 11 is 7.60. The van der Waals surface area contributed by atoms with Crippen molar-refractivity contribution < 1.29 is 37.8 Å². The Balaban J connectivity index is 0.868. The summed E-state index contributed by atoms with van der Waals surface area (Å²) < 4.78 is 35.3. The van der Waals surface area contributed by atoms with E-state index < -0.39 is 21.5 Å². The van der Waals surface area contributed by atoms with Gasteiger partial charge in [0.1, 0.15) is 23.4 Å². The molecule has 0 aliphatic carbocycles. The predicted octanol–water partition coefficient (Wildman–Crippen LogP) is 11.5. The molecule has 378 valence electrons. The van der Waals surface area contributed by atoms with E-state index in [1.165, 1.54) is 11.1 Å². The second-order valence-electron chi connectivity index (χ2n) is 20.3. The highest BCUT2D eigenvalue weighted by atomic mass is 35.5. The largest absolute Gasteiger partial charge is 0.509 e. The predicted molar refractivity (Wildman–Crippen MR) is 283 cm³/mol. The molecule has 3 atom stereocenters. The van der Waals surface area contributed by atoms with Gasteiger partial charge >= 0.3 is 12.0 Å². The zero-order valence-electron chi connectivity index (χ0n) is 40.9. The molecule has 4 aromatic rings. The number of thiophene rings is 1. The Morgan fingerprint density at radius 1 is 0.958 bits per heavy atom. The quantitative estimate of drug-likeness (QED) is 0.0763. The number of carbonyl (C=O) groups excluding carboxylic acids is 2. The van der Waals surface area contributed by atoms with Crippen LogP contribution in [-0.4, -0.2) is 89.6 Å². The van der Waals surface area contributed by atoms with E-state index in [2.05, 4.69) is 72.6 Å². The molecule has 14 nitrogen and oxygen atoms in total. The van der Waals surface area contributed by atoms with E-state index >= 15 is 0 Å². The molecule has 1 aromatic heterocycles. The second-order valence-corrected chi connectivity index (χ2v) is 23.6. The van der Waals surface area contributed by atoms with E-state index in [1.807, 2.05) is 43.0 Å². The smallest absolute Gasteiger partial charge is 0.349 e. The van der Waals surface area contributed by atoms with Crippen LogP contribution in [-0.2, 0) is 20.6 Å². The number of allylic oxidation sites excluding steroid dienone is 2. The summed E-state index contributed by atoms with van der Waals surface area (Å²) in [6.45, 7) is 21.3. The first-order valence-corrected chi connectivity index (χ1v) is 27.2. The van der Waals surface area contributed by atoms with Gasteiger partial charge in [0, 0.05) is 59.7 Å². The molecule has 17 heteroatoms.